The molecule has 2 atom stereocenters. The lowest BCUT2D eigenvalue weighted by atomic mass is 9.84. The van der Waals surface area contributed by atoms with Gasteiger partial charge in [0, 0.05) is 12.6 Å². The Bertz CT molecular complexity index is 457. The summed E-state index contributed by atoms with van der Waals surface area (Å²) in [6.45, 7) is 5.44. The average Bonchev–Trinajstić information content (AvgIpc) is 2.84. The molecule has 4 nitrogen and oxygen atoms in total. The maximum atomic E-state index is 11.4. The molecular weight excluding hydrogens is 242 g/mol. The SMILES string of the molecule is CCC1(C(=O)O)CCN(C(C)c2ccc(O)cc2)C1. The van der Waals surface area contributed by atoms with Gasteiger partial charge in [-0.1, -0.05) is 19.1 Å². The molecule has 1 aromatic carbocycles. The minimum atomic E-state index is -0.685. The normalized spacial score (nSPS) is 25.4. The van der Waals surface area contributed by atoms with Gasteiger partial charge >= 0.3 is 5.97 Å². The number of likely N-dealkylation sites (tertiary alicyclic amines) is 1. The molecule has 2 unspecified atom stereocenters. The Morgan fingerprint density at radius 1 is 1.42 bits per heavy atom. The second-order valence-corrected chi connectivity index (χ2v) is 5.43. The fourth-order valence-corrected chi connectivity index (χ4v) is 2.81. The van der Waals surface area contributed by atoms with Crippen LogP contribution in [0.25, 0.3) is 0 Å². The maximum absolute atomic E-state index is 11.4. The molecule has 1 heterocycles. The van der Waals surface area contributed by atoms with Gasteiger partial charge in [-0.05, 0) is 44.0 Å². The summed E-state index contributed by atoms with van der Waals surface area (Å²) in [7, 11) is 0. The summed E-state index contributed by atoms with van der Waals surface area (Å²) in [5, 5.41) is 18.7. The molecule has 0 radical (unpaired) electrons. The molecule has 104 valence electrons. The summed E-state index contributed by atoms with van der Waals surface area (Å²) in [6, 6.07) is 7.31. The molecule has 19 heavy (non-hydrogen) atoms. The summed E-state index contributed by atoms with van der Waals surface area (Å²) in [5.41, 5.74) is 0.514. The molecule has 0 bridgehead atoms. The van der Waals surface area contributed by atoms with Crippen LogP contribution >= 0.6 is 0 Å². The number of carbonyl (C=O) groups is 1. The number of carboxylic acid groups (broad SMARTS) is 1. The zero-order valence-electron chi connectivity index (χ0n) is 11.5. The Kier molecular flexibility index (Phi) is 3.80. The van der Waals surface area contributed by atoms with E-state index in [2.05, 4.69) is 11.8 Å². The fourth-order valence-electron chi connectivity index (χ4n) is 2.81. The van der Waals surface area contributed by atoms with Crippen LogP contribution in [0.2, 0.25) is 0 Å². The van der Waals surface area contributed by atoms with Crippen LogP contribution in [0.15, 0.2) is 24.3 Å². The van der Waals surface area contributed by atoms with E-state index < -0.39 is 11.4 Å². The van der Waals surface area contributed by atoms with Crippen molar-refractivity contribution in [3.05, 3.63) is 29.8 Å². The Hall–Kier alpha value is -1.55. The average molecular weight is 263 g/mol. The van der Waals surface area contributed by atoms with E-state index in [9.17, 15) is 15.0 Å². The van der Waals surface area contributed by atoms with Gasteiger partial charge in [-0.2, -0.15) is 0 Å². The third kappa shape index (κ3) is 2.59. The number of nitrogens with zero attached hydrogens (tertiary/aromatic N) is 1. The number of aliphatic carboxylic acids is 1. The number of phenolic OH excluding ortho intramolecular Hbond substituents is 1. The highest BCUT2D eigenvalue weighted by Crippen LogP contribution is 2.38. The van der Waals surface area contributed by atoms with Gasteiger partial charge in [0.15, 0.2) is 0 Å². The van der Waals surface area contributed by atoms with Crippen LogP contribution in [0.3, 0.4) is 0 Å². The lowest BCUT2D eigenvalue weighted by molar-refractivity contribution is -0.148. The Balaban J connectivity index is 2.12. The lowest BCUT2D eigenvalue weighted by Crippen LogP contribution is -2.34. The summed E-state index contributed by atoms with van der Waals surface area (Å²) in [4.78, 5) is 13.7. The number of hydrogen-bond donors (Lipinski definition) is 2. The van der Waals surface area contributed by atoms with Crippen LogP contribution in [0.4, 0.5) is 0 Å². The largest absolute Gasteiger partial charge is 0.508 e. The van der Waals surface area contributed by atoms with E-state index in [1.807, 2.05) is 19.1 Å². The number of phenols is 1. The van der Waals surface area contributed by atoms with E-state index in [1.54, 1.807) is 12.1 Å². The molecule has 1 saturated heterocycles. The summed E-state index contributed by atoms with van der Waals surface area (Å²) < 4.78 is 0. The summed E-state index contributed by atoms with van der Waals surface area (Å²) in [5.74, 6) is -0.429. The Morgan fingerprint density at radius 2 is 2.05 bits per heavy atom. The number of rotatable bonds is 4. The predicted molar refractivity (Wildman–Crippen MR) is 73.1 cm³/mol. The molecule has 1 aliphatic rings. The smallest absolute Gasteiger partial charge is 0.310 e. The van der Waals surface area contributed by atoms with Crippen LogP contribution in [-0.2, 0) is 4.79 Å². The Labute approximate surface area is 113 Å². The van der Waals surface area contributed by atoms with Crippen molar-refractivity contribution in [1.29, 1.82) is 0 Å². The first kappa shape index (κ1) is 13.9. The number of carboxylic acids is 1. The molecule has 1 fully saturated rings. The van der Waals surface area contributed by atoms with Crippen molar-refractivity contribution in [3.8, 4) is 5.75 Å². The van der Waals surface area contributed by atoms with Gasteiger partial charge in [0.1, 0.15) is 5.75 Å². The van der Waals surface area contributed by atoms with Crippen LogP contribution in [-0.4, -0.2) is 34.2 Å². The van der Waals surface area contributed by atoms with Gasteiger partial charge in [-0.3, -0.25) is 9.69 Å². The molecule has 2 N–H and O–H groups in total. The van der Waals surface area contributed by atoms with E-state index in [0.29, 0.717) is 19.4 Å². The van der Waals surface area contributed by atoms with Gasteiger partial charge < -0.3 is 10.2 Å². The molecule has 1 aromatic rings. The van der Waals surface area contributed by atoms with Crippen LogP contribution < -0.4 is 0 Å². The predicted octanol–water partition coefficient (Wildman–Crippen LogP) is 2.64. The third-order valence-electron chi connectivity index (χ3n) is 4.44. The van der Waals surface area contributed by atoms with Crippen molar-refractivity contribution in [1.82, 2.24) is 4.90 Å². The zero-order valence-corrected chi connectivity index (χ0v) is 11.5. The van der Waals surface area contributed by atoms with E-state index >= 15 is 0 Å². The molecule has 1 aliphatic heterocycles. The number of benzene rings is 1. The van der Waals surface area contributed by atoms with Crippen LogP contribution in [0, 0.1) is 5.41 Å². The van der Waals surface area contributed by atoms with Crippen molar-refractivity contribution < 1.29 is 15.0 Å². The van der Waals surface area contributed by atoms with Crippen molar-refractivity contribution in [2.24, 2.45) is 5.41 Å². The molecule has 0 aromatic heterocycles. The summed E-state index contributed by atoms with van der Waals surface area (Å²) in [6.07, 6.45) is 1.38. The molecule has 0 amide bonds. The lowest BCUT2D eigenvalue weighted by Gasteiger charge is -2.27. The third-order valence-corrected chi connectivity index (χ3v) is 4.44. The number of aromatic hydroxyl groups is 1. The second-order valence-electron chi connectivity index (χ2n) is 5.43. The molecule has 0 spiro atoms. The number of hydrogen-bond acceptors (Lipinski definition) is 3. The Morgan fingerprint density at radius 3 is 2.53 bits per heavy atom. The van der Waals surface area contributed by atoms with Crippen LogP contribution in [0.5, 0.6) is 5.75 Å². The van der Waals surface area contributed by atoms with E-state index in [4.69, 9.17) is 0 Å². The first-order valence-electron chi connectivity index (χ1n) is 6.75. The van der Waals surface area contributed by atoms with Gasteiger partial charge in [0.25, 0.3) is 0 Å². The van der Waals surface area contributed by atoms with E-state index in [1.165, 1.54) is 0 Å². The highest BCUT2D eigenvalue weighted by molar-refractivity contribution is 5.75. The molecule has 4 heteroatoms. The van der Waals surface area contributed by atoms with E-state index in [-0.39, 0.29) is 11.8 Å². The topological polar surface area (TPSA) is 60.8 Å². The van der Waals surface area contributed by atoms with Gasteiger partial charge in [-0.15, -0.1) is 0 Å². The van der Waals surface area contributed by atoms with Gasteiger partial charge in [-0.25, -0.2) is 0 Å². The summed E-state index contributed by atoms with van der Waals surface area (Å²) >= 11 is 0. The fraction of sp³-hybridized carbons (Fsp3) is 0.533. The minimum Gasteiger partial charge on any atom is -0.508 e. The molecule has 0 aliphatic carbocycles. The highest BCUT2D eigenvalue weighted by atomic mass is 16.4. The van der Waals surface area contributed by atoms with Crippen LogP contribution in [0.1, 0.15) is 38.3 Å². The second kappa shape index (κ2) is 5.21. The standard InChI is InChI=1S/C15H21NO3/c1-3-15(14(18)19)8-9-16(10-15)11(2)12-4-6-13(17)7-5-12/h4-7,11,17H,3,8-10H2,1-2H3,(H,18,19). The quantitative estimate of drug-likeness (QED) is 0.876. The van der Waals surface area contributed by atoms with E-state index in [0.717, 1.165) is 12.1 Å². The molecular formula is C15H21NO3. The molecule has 2 rings (SSSR count). The highest BCUT2D eigenvalue weighted by Gasteiger charge is 2.44. The minimum absolute atomic E-state index is 0.174. The zero-order chi connectivity index (χ0) is 14.0. The van der Waals surface area contributed by atoms with Crippen molar-refractivity contribution in [2.75, 3.05) is 13.1 Å². The monoisotopic (exact) mass is 263 g/mol. The van der Waals surface area contributed by atoms with Gasteiger partial charge in [0.05, 0.1) is 5.41 Å². The van der Waals surface area contributed by atoms with Crippen molar-refractivity contribution in [3.63, 3.8) is 0 Å². The molecule has 0 saturated carbocycles. The first-order chi connectivity index (χ1) is 8.98. The van der Waals surface area contributed by atoms with Gasteiger partial charge in [0.2, 0.25) is 0 Å². The van der Waals surface area contributed by atoms with Crippen molar-refractivity contribution >= 4 is 5.97 Å². The maximum Gasteiger partial charge on any atom is 0.310 e. The first-order valence-corrected chi connectivity index (χ1v) is 6.75. The van der Waals surface area contributed by atoms with Crippen molar-refractivity contribution in [2.45, 2.75) is 32.7 Å².